The van der Waals surface area contributed by atoms with Gasteiger partial charge in [-0.25, -0.2) is 8.42 Å². The number of benzene rings is 2. The van der Waals surface area contributed by atoms with Gasteiger partial charge in [-0.2, -0.15) is 0 Å². The van der Waals surface area contributed by atoms with Gasteiger partial charge in [0.1, 0.15) is 0 Å². The van der Waals surface area contributed by atoms with Crippen LogP contribution in [0.25, 0.3) is 0 Å². The van der Waals surface area contributed by atoms with Crippen molar-refractivity contribution < 1.29 is 17.6 Å². The molecule has 140 valence electrons. The predicted molar refractivity (Wildman–Crippen MR) is 101 cm³/mol. The van der Waals surface area contributed by atoms with Gasteiger partial charge >= 0.3 is 6.01 Å². The number of carbonyl (C=O) groups is 1. The molecule has 8 heteroatoms. The van der Waals surface area contributed by atoms with Crippen LogP contribution in [0.3, 0.4) is 0 Å². The van der Waals surface area contributed by atoms with Crippen molar-refractivity contribution in [2.75, 3.05) is 11.6 Å². The minimum atomic E-state index is -3.54. The van der Waals surface area contributed by atoms with E-state index in [1.54, 1.807) is 12.1 Å². The standard InChI is InChI=1S/C19H19N3O4S/c1-12-8-9-14(13(2)10-12)11-17-21-22-19(26-17)20-18(23)15-6-4-5-7-16(15)27(3,24)25/h4-10H,11H2,1-3H3,(H,20,22,23). The Labute approximate surface area is 157 Å². The largest absolute Gasteiger partial charge is 0.407 e. The second kappa shape index (κ2) is 7.32. The summed E-state index contributed by atoms with van der Waals surface area (Å²) in [6.45, 7) is 4.02. The molecule has 1 amide bonds. The highest BCUT2D eigenvalue weighted by atomic mass is 32.2. The molecule has 1 aromatic heterocycles. The average Bonchev–Trinajstić information content (AvgIpc) is 3.03. The molecule has 0 saturated heterocycles. The van der Waals surface area contributed by atoms with Crippen LogP contribution in [0.2, 0.25) is 0 Å². The van der Waals surface area contributed by atoms with Gasteiger partial charge in [0.2, 0.25) is 5.89 Å². The molecule has 0 atom stereocenters. The summed E-state index contributed by atoms with van der Waals surface area (Å²) in [5.74, 6) is -0.272. The van der Waals surface area contributed by atoms with Crippen molar-refractivity contribution in [2.24, 2.45) is 0 Å². The minimum absolute atomic E-state index is 0.0223. The normalized spacial score (nSPS) is 11.4. The maximum Gasteiger partial charge on any atom is 0.322 e. The van der Waals surface area contributed by atoms with E-state index >= 15 is 0 Å². The molecule has 0 saturated carbocycles. The fraction of sp³-hybridized carbons (Fsp3) is 0.211. The van der Waals surface area contributed by atoms with E-state index in [4.69, 9.17) is 4.42 Å². The summed E-state index contributed by atoms with van der Waals surface area (Å²) in [6, 6.07) is 11.9. The topological polar surface area (TPSA) is 102 Å². The third-order valence-corrected chi connectivity index (χ3v) is 5.21. The number of anilines is 1. The lowest BCUT2D eigenvalue weighted by molar-refractivity contribution is 0.102. The average molecular weight is 385 g/mol. The van der Waals surface area contributed by atoms with Crippen LogP contribution in [0.4, 0.5) is 6.01 Å². The Bertz CT molecular complexity index is 1100. The van der Waals surface area contributed by atoms with E-state index in [2.05, 4.69) is 21.6 Å². The predicted octanol–water partition coefficient (Wildman–Crippen LogP) is 2.93. The van der Waals surface area contributed by atoms with Gasteiger partial charge in [0.25, 0.3) is 5.91 Å². The van der Waals surface area contributed by atoms with E-state index in [-0.39, 0.29) is 16.5 Å². The zero-order chi connectivity index (χ0) is 19.6. The molecule has 7 nitrogen and oxygen atoms in total. The Kier molecular flexibility index (Phi) is 5.09. The fourth-order valence-corrected chi connectivity index (χ4v) is 3.61. The molecule has 0 spiro atoms. The van der Waals surface area contributed by atoms with Gasteiger partial charge in [0.15, 0.2) is 9.84 Å². The number of sulfone groups is 1. The summed E-state index contributed by atoms with van der Waals surface area (Å²) >= 11 is 0. The molecule has 27 heavy (non-hydrogen) atoms. The van der Waals surface area contributed by atoms with Crippen LogP contribution >= 0.6 is 0 Å². The van der Waals surface area contributed by atoms with Crippen LogP contribution in [0.1, 0.15) is 32.9 Å². The molecule has 1 N–H and O–H groups in total. The molecule has 1 heterocycles. The van der Waals surface area contributed by atoms with Crippen molar-refractivity contribution in [1.82, 2.24) is 10.2 Å². The summed E-state index contributed by atoms with van der Waals surface area (Å²) in [4.78, 5) is 12.4. The van der Waals surface area contributed by atoms with Crippen LogP contribution in [0.5, 0.6) is 0 Å². The Morgan fingerprint density at radius 3 is 2.56 bits per heavy atom. The lowest BCUT2D eigenvalue weighted by Crippen LogP contribution is -2.16. The molecule has 2 aromatic carbocycles. The third kappa shape index (κ3) is 4.40. The van der Waals surface area contributed by atoms with E-state index < -0.39 is 15.7 Å². The molecule has 0 bridgehead atoms. The van der Waals surface area contributed by atoms with E-state index in [0.717, 1.165) is 17.4 Å². The van der Waals surface area contributed by atoms with Crippen LogP contribution < -0.4 is 5.32 Å². The van der Waals surface area contributed by atoms with Crippen molar-refractivity contribution in [3.8, 4) is 0 Å². The van der Waals surface area contributed by atoms with Crippen molar-refractivity contribution in [3.63, 3.8) is 0 Å². The first-order valence-corrected chi connectivity index (χ1v) is 10.1. The van der Waals surface area contributed by atoms with Gasteiger partial charge in [-0.1, -0.05) is 41.0 Å². The molecule has 3 rings (SSSR count). The molecule has 0 aliphatic carbocycles. The van der Waals surface area contributed by atoms with E-state index in [1.807, 2.05) is 26.0 Å². The number of amides is 1. The summed E-state index contributed by atoms with van der Waals surface area (Å²) in [7, 11) is -3.54. The Morgan fingerprint density at radius 2 is 1.85 bits per heavy atom. The summed E-state index contributed by atoms with van der Waals surface area (Å²) in [6.07, 6.45) is 1.49. The number of hydrogen-bond acceptors (Lipinski definition) is 6. The molecule has 0 unspecified atom stereocenters. The molecule has 0 fully saturated rings. The number of aromatic nitrogens is 2. The zero-order valence-corrected chi connectivity index (χ0v) is 16.0. The molecule has 3 aromatic rings. The maximum atomic E-state index is 12.4. The molecular weight excluding hydrogens is 366 g/mol. The number of aryl methyl sites for hydroxylation is 2. The Hall–Kier alpha value is -3.00. The highest BCUT2D eigenvalue weighted by Crippen LogP contribution is 2.19. The first-order valence-electron chi connectivity index (χ1n) is 8.23. The van der Waals surface area contributed by atoms with Gasteiger partial charge in [-0.05, 0) is 37.1 Å². The van der Waals surface area contributed by atoms with Crippen LogP contribution in [-0.4, -0.2) is 30.8 Å². The Balaban J connectivity index is 1.78. The van der Waals surface area contributed by atoms with Gasteiger partial charge in [0.05, 0.1) is 16.9 Å². The van der Waals surface area contributed by atoms with Crippen LogP contribution in [0.15, 0.2) is 51.8 Å². The second-order valence-corrected chi connectivity index (χ2v) is 8.31. The van der Waals surface area contributed by atoms with Gasteiger partial charge in [0, 0.05) is 6.26 Å². The third-order valence-electron chi connectivity index (χ3n) is 4.06. The first-order chi connectivity index (χ1) is 12.7. The molecule has 0 aliphatic rings. The molecule has 0 radical (unpaired) electrons. The fourth-order valence-electron chi connectivity index (χ4n) is 2.72. The van der Waals surface area contributed by atoms with E-state index in [9.17, 15) is 13.2 Å². The zero-order valence-electron chi connectivity index (χ0n) is 15.2. The SMILES string of the molecule is Cc1ccc(Cc2nnc(NC(=O)c3ccccc3S(C)(=O)=O)o2)c(C)c1. The van der Waals surface area contributed by atoms with Crippen LogP contribution in [-0.2, 0) is 16.3 Å². The minimum Gasteiger partial charge on any atom is -0.407 e. The smallest absolute Gasteiger partial charge is 0.322 e. The lowest BCUT2D eigenvalue weighted by atomic mass is 10.0. The van der Waals surface area contributed by atoms with Crippen LogP contribution in [0, 0.1) is 13.8 Å². The highest BCUT2D eigenvalue weighted by molar-refractivity contribution is 7.90. The Morgan fingerprint density at radius 1 is 1.11 bits per heavy atom. The first kappa shape index (κ1) is 18.8. The second-order valence-electron chi connectivity index (χ2n) is 6.33. The van der Waals surface area contributed by atoms with Gasteiger partial charge in [-0.3, -0.25) is 10.1 Å². The quantitative estimate of drug-likeness (QED) is 0.724. The summed E-state index contributed by atoms with van der Waals surface area (Å²) < 4.78 is 29.2. The van der Waals surface area contributed by atoms with E-state index in [0.29, 0.717) is 12.3 Å². The van der Waals surface area contributed by atoms with Crippen molar-refractivity contribution in [2.45, 2.75) is 25.2 Å². The summed E-state index contributed by atoms with van der Waals surface area (Å²) in [5.41, 5.74) is 3.35. The molecular formula is C19H19N3O4S. The highest BCUT2D eigenvalue weighted by Gasteiger charge is 2.20. The maximum absolute atomic E-state index is 12.4. The van der Waals surface area contributed by atoms with E-state index in [1.165, 1.54) is 17.7 Å². The number of hydrogen-bond donors (Lipinski definition) is 1. The monoisotopic (exact) mass is 385 g/mol. The number of nitrogens with one attached hydrogen (secondary N) is 1. The summed E-state index contributed by atoms with van der Waals surface area (Å²) in [5, 5.41) is 10.2. The molecule has 0 aliphatic heterocycles. The number of rotatable bonds is 5. The van der Waals surface area contributed by atoms with Crippen molar-refractivity contribution in [1.29, 1.82) is 0 Å². The van der Waals surface area contributed by atoms with Crippen molar-refractivity contribution in [3.05, 3.63) is 70.6 Å². The number of carbonyl (C=O) groups excluding carboxylic acids is 1. The van der Waals surface area contributed by atoms with Crippen molar-refractivity contribution >= 4 is 21.8 Å². The lowest BCUT2D eigenvalue weighted by Gasteiger charge is -2.06. The number of nitrogens with zero attached hydrogens (tertiary/aromatic N) is 2. The van der Waals surface area contributed by atoms with Gasteiger partial charge < -0.3 is 4.42 Å². The van der Waals surface area contributed by atoms with Gasteiger partial charge in [-0.15, -0.1) is 5.10 Å².